The van der Waals surface area contributed by atoms with Gasteiger partial charge in [-0.3, -0.25) is 4.90 Å². The summed E-state index contributed by atoms with van der Waals surface area (Å²) in [6.07, 6.45) is -2.10. The summed E-state index contributed by atoms with van der Waals surface area (Å²) in [5, 5.41) is 10.6. The van der Waals surface area contributed by atoms with Crippen molar-refractivity contribution in [2.45, 2.75) is 77.4 Å². The third kappa shape index (κ3) is 7.31. The summed E-state index contributed by atoms with van der Waals surface area (Å²) < 4.78 is 16.6. The highest BCUT2D eigenvalue weighted by atomic mass is 16.6. The van der Waals surface area contributed by atoms with Crippen molar-refractivity contribution in [3.05, 3.63) is 71.3 Å². The molecule has 0 radical (unpaired) electrons. The highest BCUT2D eigenvalue weighted by Crippen LogP contribution is 2.27. The zero-order valence-electron chi connectivity index (χ0n) is 21.7. The molecule has 194 valence electrons. The maximum atomic E-state index is 12.8. The van der Waals surface area contributed by atoms with Gasteiger partial charge in [0.05, 0.1) is 12.1 Å². The van der Waals surface area contributed by atoms with E-state index in [1.54, 1.807) is 65.8 Å². The van der Waals surface area contributed by atoms with Crippen LogP contribution in [-0.2, 0) is 19.0 Å². The molecule has 2 aromatic rings. The molecule has 0 aliphatic carbocycles. The lowest BCUT2D eigenvalue weighted by Crippen LogP contribution is -2.45. The molecule has 1 saturated heterocycles. The third-order valence-corrected chi connectivity index (χ3v) is 5.42. The summed E-state index contributed by atoms with van der Waals surface area (Å²) >= 11 is 0. The van der Waals surface area contributed by atoms with Gasteiger partial charge < -0.3 is 19.3 Å². The maximum Gasteiger partial charge on any atom is 0.411 e. The van der Waals surface area contributed by atoms with E-state index in [4.69, 9.17) is 14.2 Å². The van der Waals surface area contributed by atoms with Crippen molar-refractivity contribution in [3.8, 4) is 0 Å². The molecular formula is C28H35NO7. The van der Waals surface area contributed by atoms with Crippen LogP contribution >= 0.6 is 0 Å². The van der Waals surface area contributed by atoms with Crippen LogP contribution in [-0.4, -0.2) is 57.9 Å². The van der Waals surface area contributed by atoms with Crippen LogP contribution in [0.2, 0.25) is 0 Å². The molecule has 1 amide bonds. The molecule has 0 saturated carbocycles. The fourth-order valence-corrected chi connectivity index (χ4v) is 3.85. The minimum Gasteiger partial charge on any atom is -0.458 e. The van der Waals surface area contributed by atoms with E-state index in [1.807, 2.05) is 30.3 Å². The Morgan fingerprint density at radius 3 is 1.97 bits per heavy atom. The number of aliphatic hydroxyl groups excluding tert-OH is 1. The Bertz CT molecular complexity index is 1030. The average Bonchev–Trinajstić information content (AvgIpc) is 3.21. The highest BCUT2D eigenvalue weighted by molar-refractivity contribution is 5.90. The third-order valence-electron chi connectivity index (χ3n) is 5.42. The number of nitrogens with zero attached hydrogens (tertiary/aromatic N) is 1. The molecule has 0 bridgehead atoms. The first-order chi connectivity index (χ1) is 16.7. The van der Waals surface area contributed by atoms with Gasteiger partial charge in [-0.1, -0.05) is 42.5 Å². The SMILES string of the molecule is CC(C)(C)OC(=O)[C@@H]1C[C@H](OC(=O)c2ccc(C(O)c3ccccc3)cc2)CN1C(=O)OC(C)(C)C. The number of rotatable bonds is 5. The number of amides is 1. The Kier molecular flexibility index (Phi) is 8.09. The molecule has 8 heteroatoms. The second-order valence-corrected chi connectivity index (χ2v) is 10.9. The lowest BCUT2D eigenvalue weighted by Gasteiger charge is -2.29. The molecule has 2 aromatic carbocycles. The number of benzene rings is 2. The number of esters is 2. The van der Waals surface area contributed by atoms with E-state index in [-0.39, 0.29) is 13.0 Å². The average molecular weight is 498 g/mol. The number of ether oxygens (including phenoxy) is 3. The number of likely N-dealkylation sites (tertiary alicyclic amines) is 1. The Morgan fingerprint density at radius 2 is 1.42 bits per heavy atom. The highest BCUT2D eigenvalue weighted by Gasteiger charge is 2.45. The summed E-state index contributed by atoms with van der Waals surface area (Å²) in [6.45, 7) is 10.4. The van der Waals surface area contributed by atoms with Gasteiger partial charge >= 0.3 is 18.0 Å². The number of hydrogen-bond donors (Lipinski definition) is 1. The van der Waals surface area contributed by atoms with Crippen LogP contribution in [0, 0.1) is 0 Å². The Labute approximate surface area is 212 Å². The summed E-state index contributed by atoms with van der Waals surface area (Å²) in [5.41, 5.74) is 0.186. The van der Waals surface area contributed by atoms with E-state index >= 15 is 0 Å². The van der Waals surface area contributed by atoms with Gasteiger partial charge in [-0.05, 0) is 64.8 Å². The summed E-state index contributed by atoms with van der Waals surface area (Å²) in [5.74, 6) is -1.17. The van der Waals surface area contributed by atoms with Crippen LogP contribution in [0.5, 0.6) is 0 Å². The molecule has 1 heterocycles. The van der Waals surface area contributed by atoms with E-state index in [9.17, 15) is 19.5 Å². The van der Waals surface area contributed by atoms with Crippen molar-refractivity contribution in [1.82, 2.24) is 4.90 Å². The van der Waals surface area contributed by atoms with Crippen molar-refractivity contribution in [1.29, 1.82) is 0 Å². The van der Waals surface area contributed by atoms with Crippen LogP contribution in [0.4, 0.5) is 4.79 Å². The zero-order chi connectivity index (χ0) is 26.7. The quantitative estimate of drug-likeness (QED) is 0.474. The fraction of sp³-hybridized carbons (Fsp3) is 0.464. The molecule has 36 heavy (non-hydrogen) atoms. The van der Waals surface area contributed by atoms with Crippen LogP contribution < -0.4 is 0 Å². The zero-order valence-corrected chi connectivity index (χ0v) is 21.7. The molecular weight excluding hydrogens is 462 g/mol. The standard InChI is InChI=1S/C28H35NO7/c1-27(2,3)35-25(32)22-16-21(17-29(22)26(33)36-28(4,5)6)34-24(31)20-14-12-19(13-15-20)23(30)18-10-8-7-9-11-18/h7-15,21-23,30H,16-17H2,1-6H3/t21-,22-,23?/m0/s1. The maximum absolute atomic E-state index is 12.8. The smallest absolute Gasteiger partial charge is 0.411 e. The molecule has 1 aliphatic rings. The summed E-state index contributed by atoms with van der Waals surface area (Å²) in [4.78, 5) is 39.7. The largest absolute Gasteiger partial charge is 0.458 e. The molecule has 8 nitrogen and oxygen atoms in total. The van der Waals surface area contributed by atoms with E-state index in [0.29, 0.717) is 11.1 Å². The minimum absolute atomic E-state index is 0.00929. The fourth-order valence-electron chi connectivity index (χ4n) is 3.85. The van der Waals surface area contributed by atoms with Gasteiger partial charge in [-0.15, -0.1) is 0 Å². The van der Waals surface area contributed by atoms with E-state index in [2.05, 4.69) is 0 Å². The van der Waals surface area contributed by atoms with Gasteiger partial charge in [-0.25, -0.2) is 14.4 Å². The van der Waals surface area contributed by atoms with E-state index < -0.39 is 47.5 Å². The number of aliphatic hydroxyl groups is 1. The van der Waals surface area contributed by atoms with Crippen molar-refractivity contribution in [2.24, 2.45) is 0 Å². The van der Waals surface area contributed by atoms with Crippen molar-refractivity contribution in [3.63, 3.8) is 0 Å². The molecule has 1 aliphatic heterocycles. The second-order valence-electron chi connectivity index (χ2n) is 10.9. The lowest BCUT2D eigenvalue weighted by molar-refractivity contribution is -0.160. The Hall–Kier alpha value is -3.39. The summed E-state index contributed by atoms with van der Waals surface area (Å²) in [6, 6.07) is 14.8. The first-order valence-electron chi connectivity index (χ1n) is 12.0. The van der Waals surface area contributed by atoms with Gasteiger partial charge in [0.25, 0.3) is 0 Å². The lowest BCUT2D eigenvalue weighted by atomic mass is 10.0. The van der Waals surface area contributed by atoms with Crippen molar-refractivity contribution in [2.75, 3.05) is 6.54 Å². The Balaban J connectivity index is 1.70. The van der Waals surface area contributed by atoms with E-state index in [0.717, 1.165) is 5.56 Å². The molecule has 1 N–H and O–H groups in total. The van der Waals surface area contributed by atoms with Crippen molar-refractivity contribution >= 4 is 18.0 Å². The second kappa shape index (κ2) is 10.7. The molecule has 3 atom stereocenters. The predicted molar refractivity (Wildman–Crippen MR) is 133 cm³/mol. The van der Waals surface area contributed by atoms with Crippen LogP contribution in [0.15, 0.2) is 54.6 Å². The molecule has 0 spiro atoms. The normalized spacial score (nSPS) is 18.9. The predicted octanol–water partition coefficient (Wildman–Crippen LogP) is 4.64. The first-order valence-corrected chi connectivity index (χ1v) is 12.0. The van der Waals surface area contributed by atoms with Crippen LogP contribution in [0.1, 0.15) is 75.6 Å². The number of hydrogen-bond acceptors (Lipinski definition) is 7. The van der Waals surface area contributed by atoms with Crippen LogP contribution in [0.3, 0.4) is 0 Å². The van der Waals surface area contributed by atoms with Gasteiger partial charge in [0, 0.05) is 6.42 Å². The number of carbonyl (C=O) groups excluding carboxylic acids is 3. The molecule has 1 unspecified atom stereocenters. The Morgan fingerprint density at radius 1 is 0.861 bits per heavy atom. The topological polar surface area (TPSA) is 102 Å². The van der Waals surface area contributed by atoms with Gasteiger partial charge in [0.1, 0.15) is 29.5 Å². The van der Waals surface area contributed by atoms with Gasteiger partial charge in [-0.2, -0.15) is 0 Å². The number of carbonyl (C=O) groups is 3. The van der Waals surface area contributed by atoms with Crippen molar-refractivity contribution < 1.29 is 33.7 Å². The van der Waals surface area contributed by atoms with Gasteiger partial charge in [0.15, 0.2) is 0 Å². The molecule has 3 rings (SSSR count). The monoisotopic (exact) mass is 497 g/mol. The molecule has 1 fully saturated rings. The minimum atomic E-state index is -0.930. The van der Waals surface area contributed by atoms with E-state index in [1.165, 1.54) is 4.90 Å². The first kappa shape index (κ1) is 27.2. The van der Waals surface area contributed by atoms with Crippen LogP contribution in [0.25, 0.3) is 0 Å². The molecule has 0 aromatic heterocycles. The summed E-state index contributed by atoms with van der Waals surface area (Å²) in [7, 11) is 0. The van der Waals surface area contributed by atoms with Gasteiger partial charge in [0.2, 0.25) is 0 Å².